The third-order valence-corrected chi connectivity index (χ3v) is 5.74. The van der Waals surface area contributed by atoms with Crippen LogP contribution in [0.15, 0.2) is 10.6 Å². The third kappa shape index (κ3) is 2.68. The summed E-state index contributed by atoms with van der Waals surface area (Å²) in [6, 6.07) is 1.87. The average Bonchev–Trinajstić information content (AvgIpc) is 3.12. The van der Waals surface area contributed by atoms with E-state index in [1.807, 2.05) is 24.8 Å². The van der Waals surface area contributed by atoms with Crippen LogP contribution in [0.1, 0.15) is 38.1 Å². The predicted molar refractivity (Wildman–Crippen MR) is 83.9 cm³/mol. The van der Waals surface area contributed by atoms with Gasteiger partial charge in [-0.25, -0.2) is 0 Å². The maximum atomic E-state index is 13.4. The monoisotopic (exact) mass is 322 g/mol. The van der Waals surface area contributed by atoms with Crippen molar-refractivity contribution in [2.75, 3.05) is 32.9 Å². The van der Waals surface area contributed by atoms with Gasteiger partial charge in [-0.3, -0.25) is 4.79 Å². The van der Waals surface area contributed by atoms with Crippen LogP contribution in [0.4, 0.5) is 0 Å². The first-order valence-corrected chi connectivity index (χ1v) is 8.33. The Morgan fingerprint density at radius 2 is 2.17 bits per heavy atom. The lowest BCUT2D eigenvalue weighted by Crippen LogP contribution is -2.49. The highest BCUT2D eigenvalue weighted by Crippen LogP contribution is 2.41. The minimum absolute atomic E-state index is 0.0842. The number of nitrogens with zero attached hydrogens (tertiary/aromatic N) is 2. The quantitative estimate of drug-likeness (QED) is 0.913. The number of hydrogen-bond donors (Lipinski definition) is 1. The zero-order valence-corrected chi connectivity index (χ0v) is 14.2. The summed E-state index contributed by atoms with van der Waals surface area (Å²) in [6.45, 7) is 8.45. The van der Waals surface area contributed by atoms with Gasteiger partial charge in [0.05, 0.1) is 12.3 Å². The molecule has 2 atom stereocenters. The molecule has 0 bridgehead atoms. The molecule has 1 aromatic rings. The van der Waals surface area contributed by atoms with Crippen molar-refractivity contribution in [3.8, 4) is 0 Å². The van der Waals surface area contributed by atoms with E-state index in [1.165, 1.54) is 0 Å². The van der Waals surface area contributed by atoms with Gasteiger partial charge in [0.2, 0.25) is 5.91 Å². The summed E-state index contributed by atoms with van der Waals surface area (Å²) in [7, 11) is 0. The Morgan fingerprint density at radius 3 is 2.70 bits per heavy atom. The van der Waals surface area contributed by atoms with Crippen molar-refractivity contribution in [2.45, 2.75) is 39.0 Å². The molecule has 3 heterocycles. The van der Waals surface area contributed by atoms with Crippen molar-refractivity contribution in [2.24, 2.45) is 11.3 Å². The Hall–Kier alpha value is -1.40. The van der Waals surface area contributed by atoms with Crippen molar-refractivity contribution < 1.29 is 19.2 Å². The van der Waals surface area contributed by atoms with E-state index in [0.29, 0.717) is 44.9 Å². The molecule has 2 unspecified atom stereocenters. The maximum absolute atomic E-state index is 13.4. The standard InChI is InChI=1S/C17H26N2O4/c1-12-9-19(10-16(12,3)11-20)15(21)17(4-6-22-7-5-17)14-8-13(2)18-23-14/h8,12,20H,4-7,9-11H2,1-3H3. The number of carbonyl (C=O) groups is 1. The Bertz CT molecular complexity index is 579. The van der Waals surface area contributed by atoms with Crippen LogP contribution in [0.5, 0.6) is 0 Å². The first kappa shape index (κ1) is 16.5. The number of likely N-dealkylation sites (tertiary alicyclic amines) is 1. The maximum Gasteiger partial charge on any atom is 0.236 e. The van der Waals surface area contributed by atoms with Gasteiger partial charge in [0, 0.05) is 37.8 Å². The number of hydrogen-bond acceptors (Lipinski definition) is 5. The number of aliphatic hydroxyl groups excluding tert-OH is 1. The van der Waals surface area contributed by atoms with E-state index in [2.05, 4.69) is 12.1 Å². The summed E-state index contributed by atoms with van der Waals surface area (Å²) in [5.41, 5.74) is -0.132. The predicted octanol–water partition coefficient (Wildman–Crippen LogP) is 1.51. The molecule has 1 N–H and O–H groups in total. The Kier molecular flexibility index (Phi) is 4.23. The highest BCUT2D eigenvalue weighted by Gasteiger charge is 2.51. The second kappa shape index (κ2) is 5.91. The SMILES string of the molecule is Cc1cc(C2(C(=O)N3CC(C)C(C)(CO)C3)CCOCC2)on1. The first-order chi connectivity index (χ1) is 10.9. The molecule has 3 rings (SSSR count). The molecule has 1 amide bonds. The van der Waals surface area contributed by atoms with Crippen LogP contribution in [0.25, 0.3) is 0 Å². The van der Waals surface area contributed by atoms with Crippen LogP contribution in [0.3, 0.4) is 0 Å². The topological polar surface area (TPSA) is 75.8 Å². The molecule has 2 fully saturated rings. The van der Waals surface area contributed by atoms with Crippen molar-refractivity contribution in [1.82, 2.24) is 10.1 Å². The summed E-state index contributed by atoms with van der Waals surface area (Å²) in [6.07, 6.45) is 1.22. The van der Waals surface area contributed by atoms with Crippen molar-refractivity contribution in [1.29, 1.82) is 0 Å². The fourth-order valence-corrected chi connectivity index (χ4v) is 3.75. The number of rotatable bonds is 3. The number of carbonyl (C=O) groups excluding carboxylic acids is 1. The van der Waals surface area contributed by atoms with Gasteiger partial charge in [0.25, 0.3) is 0 Å². The molecule has 2 aliphatic heterocycles. The minimum Gasteiger partial charge on any atom is -0.396 e. The van der Waals surface area contributed by atoms with Gasteiger partial charge in [0.1, 0.15) is 5.41 Å². The van der Waals surface area contributed by atoms with Gasteiger partial charge in [-0.05, 0) is 25.7 Å². The molecule has 128 valence electrons. The summed E-state index contributed by atoms with van der Waals surface area (Å²) < 4.78 is 11.0. The van der Waals surface area contributed by atoms with Crippen LogP contribution in [0, 0.1) is 18.3 Å². The molecular formula is C17H26N2O4. The Morgan fingerprint density at radius 1 is 1.48 bits per heavy atom. The lowest BCUT2D eigenvalue weighted by Gasteiger charge is -2.37. The number of aromatic nitrogens is 1. The zero-order valence-electron chi connectivity index (χ0n) is 14.2. The smallest absolute Gasteiger partial charge is 0.236 e. The van der Waals surface area contributed by atoms with Crippen LogP contribution in [-0.2, 0) is 14.9 Å². The molecule has 6 nitrogen and oxygen atoms in total. The third-order valence-electron chi connectivity index (χ3n) is 5.74. The average molecular weight is 322 g/mol. The van der Waals surface area contributed by atoms with Gasteiger partial charge >= 0.3 is 0 Å². The number of amides is 1. The number of aryl methyl sites for hydroxylation is 1. The highest BCUT2D eigenvalue weighted by molar-refractivity contribution is 5.88. The van der Waals surface area contributed by atoms with E-state index >= 15 is 0 Å². The van der Waals surface area contributed by atoms with Gasteiger partial charge < -0.3 is 19.3 Å². The molecule has 0 aromatic carbocycles. The largest absolute Gasteiger partial charge is 0.396 e. The second-order valence-corrected chi connectivity index (χ2v) is 7.43. The number of ether oxygens (including phenoxy) is 1. The Balaban J connectivity index is 1.90. The molecule has 0 radical (unpaired) electrons. The molecular weight excluding hydrogens is 296 g/mol. The van der Waals surface area contributed by atoms with Gasteiger partial charge in [-0.15, -0.1) is 0 Å². The fourth-order valence-electron chi connectivity index (χ4n) is 3.75. The molecule has 2 saturated heterocycles. The molecule has 2 aliphatic rings. The van der Waals surface area contributed by atoms with E-state index in [4.69, 9.17) is 9.26 Å². The molecule has 6 heteroatoms. The summed E-state index contributed by atoms with van der Waals surface area (Å²) in [5.74, 6) is 0.999. The van der Waals surface area contributed by atoms with Gasteiger partial charge in [-0.2, -0.15) is 0 Å². The van der Waals surface area contributed by atoms with Gasteiger partial charge in [0.15, 0.2) is 5.76 Å². The molecule has 0 saturated carbocycles. The molecule has 1 aromatic heterocycles. The molecule has 23 heavy (non-hydrogen) atoms. The summed E-state index contributed by atoms with van der Waals surface area (Å²) >= 11 is 0. The van der Waals surface area contributed by atoms with Crippen LogP contribution in [-0.4, -0.2) is 54.0 Å². The molecule has 0 spiro atoms. The van der Waals surface area contributed by atoms with E-state index in [0.717, 1.165) is 5.69 Å². The van der Waals surface area contributed by atoms with Crippen molar-refractivity contribution >= 4 is 5.91 Å². The van der Waals surface area contributed by atoms with Crippen LogP contribution in [0.2, 0.25) is 0 Å². The second-order valence-electron chi connectivity index (χ2n) is 7.43. The van der Waals surface area contributed by atoms with Crippen LogP contribution >= 0.6 is 0 Å². The lowest BCUT2D eigenvalue weighted by atomic mass is 9.76. The zero-order chi connectivity index (χ0) is 16.7. The highest BCUT2D eigenvalue weighted by atomic mass is 16.5. The normalized spacial score (nSPS) is 30.6. The Labute approximate surface area is 136 Å². The number of aliphatic hydroxyl groups is 1. The first-order valence-electron chi connectivity index (χ1n) is 8.33. The lowest BCUT2D eigenvalue weighted by molar-refractivity contribution is -0.142. The van der Waals surface area contributed by atoms with Crippen molar-refractivity contribution in [3.05, 3.63) is 17.5 Å². The van der Waals surface area contributed by atoms with Crippen LogP contribution < -0.4 is 0 Å². The van der Waals surface area contributed by atoms with Crippen molar-refractivity contribution in [3.63, 3.8) is 0 Å². The molecule has 0 aliphatic carbocycles. The minimum atomic E-state index is -0.681. The summed E-state index contributed by atoms with van der Waals surface area (Å²) in [4.78, 5) is 15.3. The van der Waals surface area contributed by atoms with Gasteiger partial charge in [-0.1, -0.05) is 19.0 Å². The van der Waals surface area contributed by atoms with E-state index in [9.17, 15) is 9.90 Å². The fraction of sp³-hybridized carbons (Fsp3) is 0.765. The van der Waals surface area contributed by atoms with E-state index in [1.54, 1.807) is 0 Å². The van der Waals surface area contributed by atoms with E-state index in [-0.39, 0.29) is 23.8 Å². The van der Waals surface area contributed by atoms with E-state index < -0.39 is 5.41 Å². The summed E-state index contributed by atoms with van der Waals surface area (Å²) in [5, 5.41) is 13.7.